The Kier molecular flexibility index (Phi) is 5.50. The van der Waals surface area contributed by atoms with Gasteiger partial charge in [-0.05, 0) is 51.0 Å². The van der Waals surface area contributed by atoms with Crippen LogP contribution in [0.15, 0.2) is 11.6 Å². The lowest BCUT2D eigenvalue weighted by molar-refractivity contribution is 0.202. The quantitative estimate of drug-likeness (QED) is 0.705. The molecule has 16 heavy (non-hydrogen) atoms. The Bertz CT molecular complexity index is 237. The molecule has 0 aromatic heterocycles. The average Bonchev–Trinajstić information content (AvgIpc) is 2.23. The molecule has 4 unspecified atom stereocenters. The smallest absolute Gasteiger partial charge is 0.0471 e. The summed E-state index contributed by atoms with van der Waals surface area (Å²) in [6.07, 6.45) is 4.93. The molecule has 0 radical (unpaired) electrons. The van der Waals surface area contributed by atoms with Gasteiger partial charge in [-0.25, -0.2) is 0 Å². The topological polar surface area (TPSA) is 32.3 Å². The minimum absolute atomic E-state index is 0.272. The molecule has 2 nitrogen and oxygen atoms in total. The molecular formula is C14H27NO. The monoisotopic (exact) mass is 225 g/mol. The molecule has 0 spiro atoms. The fourth-order valence-electron chi connectivity index (χ4n) is 2.55. The van der Waals surface area contributed by atoms with Crippen LogP contribution in [0.3, 0.4) is 0 Å². The van der Waals surface area contributed by atoms with Crippen molar-refractivity contribution >= 4 is 0 Å². The van der Waals surface area contributed by atoms with Crippen molar-refractivity contribution in [1.82, 2.24) is 5.32 Å². The van der Waals surface area contributed by atoms with Gasteiger partial charge in [0, 0.05) is 12.6 Å². The standard InChI is InChI=1S/C14H27NO/c1-10-5-11(2)7-14(6-10)8-15-13(4)12(3)9-16/h5,10,12-16H,6-9H2,1-4H3. The van der Waals surface area contributed by atoms with Crippen LogP contribution in [0.25, 0.3) is 0 Å². The molecule has 4 atom stereocenters. The van der Waals surface area contributed by atoms with Gasteiger partial charge in [0.15, 0.2) is 0 Å². The van der Waals surface area contributed by atoms with Crippen LogP contribution in [0.2, 0.25) is 0 Å². The number of aliphatic hydroxyl groups is 1. The highest BCUT2D eigenvalue weighted by atomic mass is 16.3. The van der Waals surface area contributed by atoms with E-state index < -0.39 is 0 Å². The molecule has 94 valence electrons. The first kappa shape index (κ1) is 13.7. The van der Waals surface area contributed by atoms with Crippen molar-refractivity contribution in [2.45, 2.75) is 46.6 Å². The molecule has 1 aliphatic rings. The molecule has 0 fully saturated rings. The van der Waals surface area contributed by atoms with Crippen LogP contribution in [0.5, 0.6) is 0 Å². The number of allylic oxidation sites excluding steroid dienone is 2. The molecule has 0 saturated heterocycles. The van der Waals surface area contributed by atoms with Gasteiger partial charge in [0.1, 0.15) is 0 Å². The Morgan fingerprint density at radius 2 is 2.19 bits per heavy atom. The van der Waals surface area contributed by atoms with E-state index in [1.54, 1.807) is 0 Å². The van der Waals surface area contributed by atoms with E-state index in [2.05, 4.69) is 39.1 Å². The third-order valence-electron chi connectivity index (χ3n) is 3.75. The van der Waals surface area contributed by atoms with E-state index in [0.29, 0.717) is 12.0 Å². The van der Waals surface area contributed by atoms with Gasteiger partial charge in [0.25, 0.3) is 0 Å². The zero-order chi connectivity index (χ0) is 12.1. The first-order valence-electron chi connectivity index (χ1n) is 6.54. The van der Waals surface area contributed by atoms with E-state index in [1.165, 1.54) is 18.4 Å². The van der Waals surface area contributed by atoms with Crippen molar-refractivity contribution in [3.05, 3.63) is 11.6 Å². The van der Waals surface area contributed by atoms with E-state index in [0.717, 1.165) is 18.4 Å². The van der Waals surface area contributed by atoms with Crippen LogP contribution in [0.4, 0.5) is 0 Å². The molecular weight excluding hydrogens is 198 g/mol. The number of hydrogen-bond donors (Lipinski definition) is 2. The zero-order valence-electron chi connectivity index (χ0n) is 11.2. The fraction of sp³-hybridized carbons (Fsp3) is 0.857. The van der Waals surface area contributed by atoms with Crippen LogP contribution >= 0.6 is 0 Å². The van der Waals surface area contributed by atoms with Gasteiger partial charge in [0.2, 0.25) is 0 Å². The van der Waals surface area contributed by atoms with E-state index in [4.69, 9.17) is 5.11 Å². The summed E-state index contributed by atoms with van der Waals surface area (Å²) < 4.78 is 0. The molecule has 0 aromatic rings. The average molecular weight is 225 g/mol. The maximum Gasteiger partial charge on any atom is 0.0471 e. The molecule has 0 aromatic carbocycles. The Morgan fingerprint density at radius 1 is 1.50 bits per heavy atom. The Morgan fingerprint density at radius 3 is 2.75 bits per heavy atom. The van der Waals surface area contributed by atoms with Crippen molar-refractivity contribution in [2.75, 3.05) is 13.2 Å². The van der Waals surface area contributed by atoms with E-state index in [9.17, 15) is 0 Å². The minimum Gasteiger partial charge on any atom is -0.396 e. The van der Waals surface area contributed by atoms with E-state index in [1.807, 2.05) is 0 Å². The Hall–Kier alpha value is -0.340. The highest BCUT2D eigenvalue weighted by Crippen LogP contribution is 2.27. The third-order valence-corrected chi connectivity index (χ3v) is 3.75. The maximum atomic E-state index is 9.08. The van der Waals surface area contributed by atoms with Gasteiger partial charge in [-0.2, -0.15) is 0 Å². The second-order valence-electron chi connectivity index (χ2n) is 5.65. The van der Waals surface area contributed by atoms with Crippen LogP contribution in [0, 0.1) is 17.8 Å². The van der Waals surface area contributed by atoms with Crippen LogP contribution in [0.1, 0.15) is 40.5 Å². The second-order valence-corrected chi connectivity index (χ2v) is 5.65. The second kappa shape index (κ2) is 6.41. The number of hydrogen-bond acceptors (Lipinski definition) is 2. The molecule has 2 N–H and O–H groups in total. The number of nitrogens with one attached hydrogen (secondary N) is 1. The van der Waals surface area contributed by atoms with Crippen molar-refractivity contribution in [3.63, 3.8) is 0 Å². The molecule has 0 saturated carbocycles. The van der Waals surface area contributed by atoms with Crippen molar-refractivity contribution < 1.29 is 5.11 Å². The summed E-state index contributed by atoms with van der Waals surface area (Å²) in [5.74, 6) is 1.84. The van der Waals surface area contributed by atoms with Gasteiger partial charge in [-0.1, -0.05) is 25.5 Å². The Labute approximate surface area is 100 Å². The van der Waals surface area contributed by atoms with Gasteiger partial charge in [0.05, 0.1) is 0 Å². The summed E-state index contributed by atoms with van der Waals surface area (Å²) in [5.41, 5.74) is 1.54. The highest BCUT2D eigenvalue weighted by molar-refractivity contribution is 5.06. The molecule has 0 aliphatic heterocycles. The highest BCUT2D eigenvalue weighted by Gasteiger charge is 2.19. The van der Waals surface area contributed by atoms with Crippen LogP contribution < -0.4 is 5.32 Å². The predicted octanol–water partition coefficient (Wildman–Crippen LogP) is 2.59. The molecule has 0 bridgehead atoms. The lowest BCUT2D eigenvalue weighted by atomic mass is 9.83. The first-order valence-corrected chi connectivity index (χ1v) is 6.54. The van der Waals surface area contributed by atoms with Crippen LogP contribution in [-0.4, -0.2) is 24.3 Å². The fourth-order valence-corrected chi connectivity index (χ4v) is 2.55. The summed E-state index contributed by atoms with van der Waals surface area (Å²) in [6, 6.07) is 0.409. The zero-order valence-corrected chi connectivity index (χ0v) is 11.2. The minimum atomic E-state index is 0.272. The summed E-state index contributed by atoms with van der Waals surface area (Å²) in [4.78, 5) is 0. The predicted molar refractivity (Wildman–Crippen MR) is 69.4 cm³/mol. The lowest BCUT2D eigenvalue weighted by Crippen LogP contribution is -2.37. The van der Waals surface area contributed by atoms with Gasteiger partial charge < -0.3 is 10.4 Å². The summed E-state index contributed by atoms with van der Waals surface area (Å²) >= 11 is 0. The van der Waals surface area contributed by atoms with E-state index >= 15 is 0 Å². The van der Waals surface area contributed by atoms with Gasteiger partial charge in [-0.15, -0.1) is 0 Å². The van der Waals surface area contributed by atoms with E-state index in [-0.39, 0.29) is 6.61 Å². The third kappa shape index (κ3) is 4.26. The Balaban J connectivity index is 2.31. The SMILES string of the molecule is CC1=CC(C)CC(CNC(C)C(C)CO)C1. The largest absolute Gasteiger partial charge is 0.396 e. The summed E-state index contributed by atoms with van der Waals surface area (Å²) in [6.45, 7) is 10.1. The van der Waals surface area contributed by atoms with Crippen molar-refractivity contribution in [3.8, 4) is 0 Å². The number of rotatable bonds is 5. The number of aliphatic hydroxyl groups excluding tert-OH is 1. The summed E-state index contributed by atoms with van der Waals surface area (Å²) in [7, 11) is 0. The normalized spacial score (nSPS) is 29.7. The lowest BCUT2D eigenvalue weighted by Gasteiger charge is -2.28. The van der Waals surface area contributed by atoms with Crippen molar-refractivity contribution in [2.24, 2.45) is 17.8 Å². The first-order chi connectivity index (χ1) is 7.52. The molecule has 0 heterocycles. The molecule has 1 aliphatic carbocycles. The van der Waals surface area contributed by atoms with Gasteiger partial charge in [-0.3, -0.25) is 0 Å². The molecule has 0 amide bonds. The van der Waals surface area contributed by atoms with Crippen LogP contribution in [-0.2, 0) is 0 Å². The molecule has 1 rings (SSSR count). The van der Waals surface area contributed by atoms with Gasteiger partial charge >= 0.3 is 0 Å². The summed E-state index contributed by atoms with van der Waals surface area (Å²) in [5, 5.41) is 12.6. The molecule has 2 heteroatoms. The van der Waals surface area contributed by atoms with Crippen molar-refractivity contribution in [1.29, 1.82) is 0 Å². The maximum absolute atomic E-state index is 9.08.